The number of aryl methyl sites for hydroxylation is 1. The van der Waals surface area contributed by atoms with Gasteiger partial charge < -0.3 is 10.0 Å². The van der Waals surface area contributed by atoms with Gasteiger partial charge in [-0.1, -0.05) is 0 Å². The molecule has 1 N–H and O–H groups in total. The molecule has 1 aromatic rings. The van der Waals surface area contributed by atoms with Crippen molar-refractivity contribution in [2.24, 2.45) is 0 Å². The van der Waals surface area contributed by atoms with Gasteiger partial charge in [0.05, 0.1) is 0 Å². The van der Waals surface area contributed by atoms with Gasteiger partial charge >= 0.3 is 0 Å². The number of phenolic OH excluding ortho intramolecular Hbond substituents is 1. The Labute approximate surface area is 90.3 Å². The van der Waals surface area contributed by atoms with Crippen molar-refractivity contribution >= 4 is 5.91 Å². The monoisotopic (exact) mass is 207 g/mol. The van der Waals surface area contributed by atoms with Crippen LogP contribution in [-0.2, 0) is 0 Å². The van der Waals surface area contributed by atoms with Crippen LogP contribution >= 0.6 is 0 Å². The summed E-state index contributed by atoms with van der Waals surface area (Å²) >= 11 is 0. The molecule has 1 amide bonds. The fourth-order valence-electron chi connectivity index (χ4n) is 1.58. The lowest BCUT2D eigenvalue weighted by molar-refractivity contribution is 0.0772. The molecule has 0 heterocycles. The second kappa shape index (κ2) is 4.82. The third kappa shape index (κ3) is 2.72. The van der Waals surface area contributed by atoms with E-state index in [-0.39, 0.29) is 11.7 Å². The highest BCUT2D eigenvalue weighted by Gasteiger charge is 2.13. The Morgan fingerprint density at radius 3 is 2.33 bits per heavy atom. The summed E-state index contributed by atoms with van der Waals surface area (Å²) in [7, 11) is 0. The molecule has 3 nitrogen and oxygen atoms in total. The average Bonchev–Trinajstić information content (AvgIpc) is 2.18. The predicted octanol–water partition coefficient (Wildman–Crippen LogP) is 2.18. The van der Waals surface area contributed by atoms with Crippen LogP contribution in [0, 0.1) is 6.92 Å². The van der Waals surface area contributed by atoms with Crippen LogP contribution in [0.25, 0.3) is 0 Å². The molecule has 0 saturated carbocycles. The number of nitrogens with zero attached hydrogens (tertiary/aromatic N) is 1. The van der Waals surface area contributed by atoms with Gasteiger partial charge in [-0.25, -0.2) is 0 Å². The van der Waals surface area contributed by atoms with Gasteiger partial charge in [0.15, 0.2) is 0 Å². The highest BCUT2D eigenvalue weighted by atomic mass is 16.3. The van der Waals surface area contributed by atoms with E-state index in [0.717, 1.165) is 5.56 Å². The molecule has 0 radical (unpaired) electrons. The van der Waals surface area contributed by atoms with Gasteiger partial charge in [0.1, 0.15) is 5.75 Å². The van der Waals surface area contributed by atoms with Gasteiger partial charge in [-0.3, -0.25) is 4.79 Å². The molecular formula is C12H17NO2. The molecule has 0 spiro atoms. The fraction of sp³-hybridized carbons (Fsp3) is 0.417. The van der Waals surface area contributed by atoms with Crippen molar-refractivity contribution in [1.82, 2.24) is 4.90 Å². The molecule has 0 atom stereocenters. The van der Waals surface area contributed by atoms with Gasteiger partial charge in [-0.05, 0) is 44.5 Å². The van der Waals surface area contributed by atoms with Gasteiger partial charge in [-0.2, -0.15) is 0 Å². The van der Waals surface area contributed by atoms with Crippen molar-refractivity contribution in [3.8, 4) is 5.75 Å². The number of benzene rings is 1. The lowest BCUT2D eigenvalue weighted by Gasteiger charge is -2.18. The Hall–Kier alpha value is -1.51. The zero-order valence-corrected chi connectivity index (χ0v) is 9.45. The van der Waals surface area contributed by atoms with E-state index in [9.17, 15) is 9.90 Å². The van der Waals surface area contributed by atoms with E-state index in [1.165, 1.54) is 6.07 Å². The fourth-order valence-corrected chi connectivity index (χ4v) is 1.58. The van der Waals surface area contributed by atoms with Crippen molar-refractivity contribution in [2.75, 3.05) is 13.1 Å². The van der Waals surface area contributed by atoms with Crippen molar-refractivity contribution in [2.45, 2.75) is 20.8 Å². The molecule has 15 heavy (non-hydrogen) atoms. The highest BCUT2D eigenvalue weighted by Crippen LogP contribution is 2.16. The maximum Gasteiger partial charge on any atom is 0.253 e. The topological polar surface area (TPSA) is 40.5 Å². The molecule has 0 unspecified atom stereocenters. The van der Waals surface area contributed by atoms with E-state index in [4.69, 9.17) is 0 Å². The smallest absolute Gasteiger partial charge is 0.253 e. The normalized spacial score (nSPS) is 10.1. The Bertz CT molecular complexity index is 336. The van der Waals surface area contributed by atoms with Crippen LogP contribution in [0.1, 0.15) is 29.8 Å². The van der Waals surface area contributed by atoms with Crippen molar-refractivity contribution < 1.29 is 9.90 Å². The van der Waals surface area contributed by atoms with Crippen LogP contribution in [0.5, 0.6) is 5.75 Å². The Balaban J connectivity index is 3.00. The van der Waals surface area contributed by atoms with Crippen LogP contribution in [0.3, 0.4) is 0 Å². The summed E-state index contributed by atoms with van der Waals surface area (Å²) in [6.07, 6.45) is 0. The summed E-state index contributed by atoms with van der Waals surface area (Å²) < 4.78 is 0. The van der Waals surface area contributed by atoms with Crippen LogP contribution in [0.4, 0.5) is 0 Å². The average molecular weight is 207 g/mol. The quantitative estimate of drug-likeness (QED) is 0.825. The molecule has 0 aromatic heterocycles. The van der Waals surface area contributed by atoms with Crippen LogP contribution in [0.2, 0.25) is 0 Å². The molecule has 0 aliphatic rings. The van der Waals surface area contributed by atoms with Gasteiger partial charge in [0.25, 0.3) is 5.91 Å². The number of hydrogen-bond acceptors (Lipinski definition) is 2. The maximum absolute atomic E-state index is 11.9. The molecule has 82 valence electrons. The Kier molecular flexibility index (Phi) is 3.72. The molecule has 0 bridgehead atoms. The summed E-state index contributed by atoms with van der Waals surface area (Å²) in [5, 5.41) is 9.40. The Morgan fingerprint density at radius 1 is 1.27 bits per heavy atom. The zero-order chi connectivity index (χ0) is 11.4. The molecular weight excluding hydrogens is 190 g/mol. The van der Waals surface area contributed by atoms with Crippen LogP contribution in [0.15, 0.2) is 18.2 Å². The number of phenols is 1. The first-order valence-electron chi connectivity index (χ1n) is 5.18. The summed E-state index contributed by atoms with van der Waals surface area (Å²) in [4.78, 5) is 13.7. The lowest BCUT2D eigenvalue weighted by atomic mass is 10.1. The largest absolute Gasteiger partial charge is 0.508 e. The van der Waals surface area contributed by atoms with Crippen LogP contribution < -0.4 is 0 Å². The minimum absolute atomic E-state index is 0.0287. The van der Waals surface area contributed by atoms with E-state index >= 15 is 0 Å². The Morgan fingerprint density at radius 2 is 1.87 bits per heavy atom. The van der Waals surface area contributed by atoms with Gasteiger partial charge in [0, 0.05) is 18.7 Å². The van der Waals surface area contributed by atoms with E-state index in [1.54, 1.807) is 17.0 Å². The van der Waals surface area contributed by atoms with Gasteiger partial charge in [0.2, 0.25) is 0 Å². The first-order chi connectivity index (χ1) is 7.08. The first kappa shape index (κ1) is 11.6. The maximum atomic E-state index is 11.9. The summed E-state index contributed by atoms with van der Waals surface area (Å²) in [6.45, 7) is 7.11. The van der Waals surface area contributed by atoms with E-state index in [2.05, 4.69) is 0 Å². The summed E-state index contributed by atoms with van der Waals surface area (Å²) in [5.41, 5.74) is 1.45. The third-order valence-corrected chi connectivity index (χ3v) is 2.36. The minimum Gasteiger partial charge on any atom is -0.508 e. The van der Waals surface area contributed by atoms with Gasteiger partial charge in [-0.15, -0.1) is 0 Å². The number of hydrogen-bond donors (Lipinski definition) is 1. The molecule has 0 fully saturated rings. The predicted molar refractivity (Wildman–Crippen MR) is 60.1 cm³/mol. The molecule has 0 aliphatic carbocycles. The first-order valence-corrected chi connectivity index (χ1v) is 5.18. The highest BCUT2D eigenvalue weighted by molar-refractivity contribution is 5.94. The summed E-state index contributed by atoms with van der Waals surface area (Å²) in [5.74, 6) is 0.115. The number of carbonyl (C=O) groups is 1. The second-order valence-corrected chi connectivity index (χ2v) is 3.53. The third-order valence-electron chi connectivity index (χ3n) is 2.36. The van der Waals surface area contributed by atoms with E-state index in [1.807, 2.05) is 20.8 Å². The number of amides is 1. The molecule has 3 heteroatoms. The number of rotatable bonds is 3. The van der Waals surface area contributed by atoms with Crippen molar-refractivity contribution in [3.05, 3.63) is 29.3 Å². The molecule has 0 saturated heterocycles. The number of aromatic hydroxyl groups is 1. The molecule has 1 aromatic carbocycles. The van der Waals surface area contributed by atoms with Crippen molar-refractivity contribution in [1.29, 1.82) is 0 Å². The van der Waals surface area contributed by atoms with Crippen LogP contribution in [-0.4, -0.2) is 29.0 Å². The second-order valence-electron chi connectivity index (χ2n) is 3.53. The van der Waals surface area contributed by atoms with Crippen molar-refractivity contribution in [3.63, 3.8) is 0 Å². The molecule has 0 aliphatic heterocycles. The van der Waals surface area contributed by atoms with E-state index < -0.39 is 0 Å². The number of carbonyl (C=O) groups excluding carboxylic acids is 1. The lowest BCUT2D eigenvalue weighted by Crippen LogP contribution is -2.30. The standard InChI is InChI=1S/C12H17NO2/c1-4-13(5-2)12(15)10-6-9(3)7-11(14)8-10/h6-8,14H,4-5H2,1-3H3. The minimum atomic E-state index is -0.0287. The summed E-state index contributed by atoms with van der Waals surface area (Å²) in [6, 6.07) is 4.94. The van der Waals surface area contributed by atoms with E-state index in [0.29, 0.717) is 18.7 Å². The molecule has 1 rings (SSSR count). The SMILES string of the molecule is CCN(CC)C(=O)c1cc(C)cc(O)c1. The zero-order valence-electron chi connectivity index (χ0n) is 9.45.